The third-order valence-electron chi connectivity index (χ3n) is 5.03. The number of hydrogen-bond donors (Lipinski definition) is 3. The molecule has 0 spiro atoms. The first kappa shape index (κ1) is 25.5. The molecule has 0 saturated carbocycles. The lowest BCUT2D eigenvalue weighted by Crippen LogP contribution is -2.61. The predicted molar refractivity (Wildman–Crippen MR) is 108 cm³/mol. The largest absolute Gasteiger partial charge is 0.481 e. The summed E-state index contributed by atoms with van der Waals surface area (Å²) < 4.78 is 16.6. The van der Waals surface area contributed by atoms with Gasteiger partial charge in [-0.1, -0.05) is 0 Å². The van der Waals surface area contributed by atoms with Crippen LogP contribution in [-0.2, 0) is 28.7 Å². The molecule has 5 atom stereocenters. The van der Waals surface area contributed by atoms with Crippen LogP contribution in [0.3, 0.4) is 0 Å². The Hall–Kier alpha value is -3.74. The molecule has 1 saturated heterocycles. The SMILES string of the molecule is CC(=O)N[C@H]1[C@H](Oc2ccc([N+](=O)[O-])cc2)O[C@@H](COC(C)=O)[C@H](CC(=O)O)[C@H]1CC(=O)O. The summed E-state index contributed by atoms with van der Waals surface area (Å²) in [5.74, 6) is -5.44. The Morgan fingerprint density at radius 1 is 1.06 bits per heavy atom. The fourth-order valence-electron chi connectivity index (χ4n) is 3.72. The number of carboxylic acid groups (broad SMARTS) is 2. The van der Waals surface area contributed by atoms with Crippen molar-refractivity contribution in [1.29, 1.82) is 0 Å². The fraction of sp³-hybridized carbons (Fsp3) is 0.500. The zero-order chi connectivity index (χ0) is 24.7. The Morgan fingerprint density at radius 3 is 2.12 bits per heavy atom. The van der Waals surface area contributed by atoms with E-state index >= 15 is 0 Å². The molecule has 1 fully saturated rings. The van der Waals surface area contributed by atoms with E-state index in [0.29, 0.717) is 0 Å². The maximum absolute atomic E-state index is 11.9. The van der Waals surface area contributed by atoms with E-state index in [0.717, 1.165) is 6.92 Å². The molecule has 0 unspecified atom stereocenters. The summed E-state index contributed by atoms with van der Waals surface area (Å²) in [7, 11) is 0. The maximum atomic E-state index is 11.9. The van der Waals surface area contributed by atoms with Crippen LogP contribution in [0.2, 0.25) is 0 Å². The summed E-state index contributed by atoms with van der Waals surface area (Å²) in [6.07, 6.45) is -3.39. The fourth-order valence-corrected chi connectivity index (χ4v) is 3.72. The number of nitro benzene ring substituents is 1. The number of carbonyl (C=O) groups is 4. The van der Waals surface area contributed by atoms with Gasteiger partial charge in [0.05, 0.1) is 29.9 Å². The van der Waals surface area contributed by atoms with Crippen molar-refractivity contribution in [3.05, 3.63) is 34.4 Å². The summed E-state index contributed by atoms with van der Waals surface area (Å²) in [6.45, 7) is 1.98. The lowest BCUT2D eigenvalue weighted by Gasteiger charge is -2.46. The smallest absolute Gasteiger partial charge is 0.303 e. The Kier molecular flexibility index (Phi) is 8.68. The van der Waals surface area contributed by atoms with Gasteiger partial charge in [0.2, 0.25) is 12.2 Å². The predicted octanol–water partition coefficient (Wildman–Crippen LogP) is 0.948. The number of esters is 1. The molecular weight excluding hydrogens is 444 g/mol. The number of non-ortho nitro benzene ring substituents is 1. The number of rotatable bonds is 10. The molecular formula is C20H24N2O11. The lowest BCUT2D eigenvalue weighted by atomic mass is 9.75. The quantitative estimate of drug-likeness (QED) is 0.251. The second kappa shape index (κ2) is 11.2. The molecule has 1 heterocycles. The second-order valence-corrected chi connectivity index (χ2v) is 7.46. The van der Waals surface area contributed by atoms with E-state index in [1.54, 1.807) is 0 Å². The number of carboxylic acids is 2. The van der Waals surface area contributed by atoms with Gasteiger partial charge in [-0.15, -0.1) is 0 Å². The number of ether oxygens (including phenoxy) is 3. The van der Waals surface area contributed by atoms with Crippen molar-refractivity contribution >= 4 is 29.5 Å². The first-order valence-corrected chi connectivity index (χ1v) is 9.88. The number of carbonyl (C=O) groups excluding carboxylic acids is 2. The van der Waals surface area contributed by atoms with Crippen LogP contribution in [0.15, 0.2) is 24.3 Å². The van der Waals surface area contributed by atoms with Gasteiger partial charge in [-0.25, -0.2) is 0 Å². The minimum atomic E-state index is -1.30. The highest BCUT2D eigenvalue weighted by Crippen LogP contribution is 2.37. The molecule has 180 valence electrons. The van der Waals surface area contributed by atoms with E-state index in [1.165, 1.54) is 31.2 Å². The zero-order valence-corrected chi connectivity index (χ0v) is 17.8. The highest BCUT2D eigenvalue weighted by Gasteiger charge is 2.49. The van der Waals surface area contributed by atoms with E-state index < -0.39 is 71.9 Å². The van der Waals surface area contributed by atoms with Crippen LogP contribution in [0, 0.1) is 22.0 Å². The van der Waals surface area contributed by atoms with Crippen LogP contribution >= 0.6 is 0 Å². The average Bonchev–Trinajstić information content (AvgIpc) is 2.70. The second-order valence-electron chi connectivity index (χ2n) is 7.46. The molecule has 1 aliphatic heterocycles. The molecule has 1 aliphatic rings. The van der Waals surface area contributed by atoms with Crippen molar-refractivity contribution in [3.63, 3.8) is 0 Å². The average molecular weight is 468 g/mol. The third kappa shape index (κ3) is 7.42. The van der Waals surface area contributed by atoms with Gasteiger partial charge >= 0.3 is 17.9 Å². The third-order valence-corrected chi connectivity index (χ3v) is 5.03. The van der Waals surface area contributed by atoms with Crippen LogP contribution in [0.4, 0.5) is 5.69 Å². The van der Waals surface area contributed by atoms with E-state index in [9.17, 15) is 39.5 Å². The molecule has 0 bridgehead atoms. The topological polar surface area (TPSA) is 192 Å². The van der Waals surface area contributed by atoms with Crippen LogP contribution in [-0.4, -0.2) is 64.0 Å². The van der Waals surface area contributed by atoms with Crippen molar-refractivity contribution in [2.45, 2.75) is 45.1 Å². The van der Waals surface area contributed by atoms with Crippen LogP contribution in [0.5, 0.6) is 5.75 Å². The van der Waals surface area contributed by atoms with Gasteiger partial charge in [0.25, 0.3) is 5.69 Å². The lowest BCUT2D eigenvalue weighted by molar-refractivity contribution is -0.384. The standard InChI is InChI=1S/C20H24N2O11/c1-10(23)21-19-15(8-18(27)28)14(7-17(25)26)16(9-31-11(2)24)33-20(19)32-13-5-3-12(4-6-13)22(29)30/h3-6,14-16,19-20H,7-9H2,1-2H3,(H,21,23)(H,25,26)(H,27,28)/t14-,15-,16+,19-,20-/m1/s1. The Morgan fingerprint density at radius 2 is 1.64 bits per heavy atom. The van der Waals surface area contributed by atoms with Gasteiger partial charge in [-0.3, -0.25) is 29.3 Å². The van der Waals surface area contributed by atoms with Crippen LogP contribution in [0.25, 0.3) is 0 Å². The minimum Gasteiger partial charge on any atom is -0.481 e. The molecule has 33 heavy (non-hydrogen) atoms. The van der Waals surface area contributed by atoms with Crippen molar-refractivity contribution < 1.29 is 48.5 Å². The molecule has 1 amide bonds. The van der Waals surface area contributed by atoms with Crippen molar-refractivity contribution in [1.82, 2.24) is 5.32 Å². The van der Waals surface area contributed by atoms with E-state index in [4.69, 9.17) is 14.2 Å². The van der Waals surface area contributed by atoms with Crippen LogP contribution < -0.4 is 10.1 Å². The van der Waals surface area contributed by atoms with Gasteiger partial charge in [-0.2, -0.15) is 0 Å². The monoisotopic (exact) mass is 468 g/mol. The molecule has 3 N–H and O–H groups in total. The molecule has 1 aromatic rings. The maximum Gasteiger partial charge on any atom is 0.303 e. The number of nitrogens with one attached hydrogen (secondary N) is 1. The van der Waals surface area contributed by atoms with Gasteiger partial charge in [-0.05, 0) is 12.1 Å². The number of hydrogen-bond acceptors (Lipinski definition) is 9. The molecule has 0 aliphatic carbocycles. The van der Waals surface area contributed by atoms with Crippen LogP contribution in [0.1, 0.15) is 26.7 Å². The Balaban J connectivity index is 2.43. The molecule has 2 rings (SSSR count). The normalized spacial score (nSPS) is 24.4. The number of nitro groups is 1. The van der Waals surface area contributed by atoms with Gasteiger partial charge in [0.15, 0.2) is 0 Å². The van der Waals surface area contributed by atoms with Crippen molar-refractivity contribution in [2.24, 2.45) is 11.8 Å². The number of nitrogens with zero attached hydrogens (tertiary/aromatic N) is 1. The first-order valence-electron chi connectivity index (χ1n) is 9.88. The summed E-state index contributed by atoms with van der Waals surface area (Å²) in [5, 5.41) is 32.2. The first-order chi connectivity index (χ1) is 15.5. The molecule has 13 nitrogen and oxygen atoms in total. The summed E-state index contributed by atoms with van der Waals surface area (Å²) in [6, 6.07) is 3.88. The number of amides is 1. The van der Waals surface area contributed by atoms with Crippen molar-refractivity contribution in [2.75, 3.05) is 6.61 Å². The number of aliphatic carboxylic acids is 2. The van der Waals surface area contributed by atoms with Gasteiger partial charge < -0.3 is 29.7 Å². The Bertz CT molecular complexity index is 902. The summed E-state index contributed by atoms with van der Waals surface area (Å²) in [5.41, 5.74) is -0.191. The van der Waals surface area contributed by atoms with E-state index in [-0.39, 0.29) is 18.0 Å². The highest BCUT2D eigenvalue weighted by atomic mass is 16.7. The van der Waals surface area contributed by atoms with Gasteiger partial charge in [0, 0.05) is 37.8 Å². The van der Waals surface area contributed by atoms with Crippen molar-refractivity contribution in [3.8, 4) is 5.75 Å². The molecule has 0 radical (unpaired) electrons. The summed E-state index contributed by atoms with van der Waals surface area (Å²) in [4.78, 5) is 56.5. The van der Waals surface area contributed by atoms with E-state index in [1.807, 2.05) is 0 Å². The minimum absolute atomic E-state index is 0.123. The molecule has 13 heteroatoms. The molecule has 1 aromatic carbocycles. The zero-order valence-electron chi connectivity index (χ0n) is 17.8. The highest BCUT2D eigenvalue weighted by molar-refractivity contribution is 5.74. The van der Waals surface area contributed by atoms with Gasteiger partial charge in [0.1, 0.15) is 12.4 Å². The Labute approximate surface area is 187 Å². The summed E-state index contributed by atoms with van der Waals surface area (Å²) >= 11 is 0. The number of benzene rings is 1. The van der Waals surface area contributed by atoms with E-state index in [2.05, 4.69) is 5.32 Å². The molecule has 0 aromatic heterocycles.